The van der Waals surface area contributed by atoms with Crippen LogP contribution < -0.4 is 0 Å². The molecule has 1 aromatic heterocycles. The van der Waals surface area contributed by atoms with E-state index in [1.807, 2.05) is 6.07 Å². The zero-order valence-electron chi connectivity index (χ0n) is 10.7. The Labute approximate surface area is 118 Å². The number of nitriles is 1. The maximum atomic E-state index is 12.3. The Morgan fingerprint density at radius 1 is 1.47 bits per heavy atom. The molecule has 0 aliphatic heterocycles. The molecule has 6 heteroatoms. The van der Waals surface area contributed by atoms with E-state index in [0.29, 0.717) is 0 Å². The molecule has 1 aromatic rings. The van der Waals surface area contributed by atoms with Gasteiger partial charge < -0.3 is 0 Å². The summed E-state index contributed by atoms with van der Waals surface area (Å²) in [4.78, 5) is 4.26. The van der Waals surface area contributed by atoms with E-state index in [9.17, 15) is 8.42 Å². The van der Waals surface area contributed by atoms with Gasteiger partial charge in [0.1, 0.15) is 6.07 Å². The third-order valence-corrected chi connectivity index (χ3v) is 6.13. The Kier molecular flexibility index (Phi) is 4.12. The number of nitrogens with zero attached hydrogens (tertiary/aromatic N) is 2. The molecular weight excluding hydrogens is 284 g/mol. The topological polar surface area (TPSA) is 70.8 Å². The predicted octanol–water partition coefficient (Wildman–Crippen LogP) is 2.23. The second kappa shape index (κ2) is 5.48. The molecule has 0 saturated heterocycles. The lowest BCUT2D eigenvalue weighted by molar-refractivity contribution is 0.580. The first kappa shape index (κ1) is 14.3. The molecule has 0 bridgehead atoms. The van der Waals surface area contributed by atoms with Crippen molar-refractivity contribution in [2.24, 2.45) is 0 Å². The SMILES string of the molecule is CC(CCl)S(=O)(=O)c1nc2c(cc1C#N)CCCC2. The van der Waals surface area contributed by atoms with Crippen LogP contribution in [0.3, 0.4) is 0 Å². The third kappa shape index (κ3) is 2.60. The second-order valence-corrected chi connectivity index (χ2v) is 7.37. The number of hydrogen-bond acceptors (Lipinski definition) is 4. The molecule has 0 fully saturated rings. The van der Waals surface area contributed by atoms with Gasteiger partial charge in [0, 0.05) is 11.6 Å². The first-order valence-electron chi connectivity index (χ1n) is 6.23. The fraction of sp³-hybridized carbons (Fsp3) is 0.538. The van der Waals surface area contributed by atoms with Crippen LogP contribution in [0, 0.1) is 11.3 Å². The molecule has 1 heterocycles. The van der Waals surface area contributed by atoms with Gasteiger partial charge in [0.2, 0.25) is 9.84 Å². The molecule has 0 N–H and O–H groups in total. The van der Waals surface area contributed by atoms with Crippen molar-refractivity contribution in [1.82, 2.24) is 4.98 Å². The predicted molar refractivity (Wildman–Crippen MR) is 73.0 cm³/mol. The van der Waals surface area contributed by atoms with Crippen molar-refractivity contribution in [1.29, 1.82) is 5.26 Å². The van der Waals surface area contributed by atoms with E-state index < -0.39 is 15.1 Å². The highest BCUT2D eigenvalue weighted by Gasteiger charge is 2.29. The Hall–Kier alpha value is -1.12. The summed E-state index contributed by atoms with van der Waals surface area (Å²) in [5.74, 6) is -0.00797. The van der Waals surface area contributed by atoms with Gasteiger partial charge in [-0.1, -0.05) is 0 Å². The molecule has 1 unspecified atom stereocenters. The van der Waals surface area contributed by atoms with Crippen molar-refractivity contribution < 1.29 is 8.42 Å². The normalized spacial score (nSPS) is 16.5. The summed E-state index contributed by atoms with van der Waals surface area (Å²) in [5.41, 5.74) is 1.95. The Morgan fingerprint density at radius 3 is 2.79 bits per heavy atom. The van der Waals surface area contributed by atoms with E-state index in [0.717, 1.165) is 36.9 Å². The van der Waals surface area contributed by atoms with Gasteiger partial charge in [-0.25, -0.2) is 13.4 Å². The Bertz CT molecular complexity index is 635. The number of sulfone groups is 1. The van der Waals surface area contributed by atoms with Crippen LogP contribution in [-0.2, 0) is 22.7 Å². The summed E-state index contributed by atoms with van der Waals surface area (Å²) in [6, 6.07) is 3.62. The maximum absolute atomic E-state index is 12.3. The number of hydrogen-bond donors (Lipinski definition) is 0. The first-order valence-corrected chi connectivity index (χ1v) is 8.31. The molecule has 0 radical (unpaired) electrons. The van der Waals surface area contributed by atoms with Gasteiger partial charge in [0.15, 0.2) is 5.03 Å². The van der Waals surface area contributed by atoms with Crippen molar-refractivity contribution in [3.05, 3.63) is 22.9 Å². The van der Waals surface area contributed by atoms with E-state index in [1.165, 1.54) is 6.92 Å². The number of alkyl halides is 1. The van der Waals surface area contributed by atoms with E-state index in [-0.39, 0.29) is 16.5 Å². The third-order valence-electron chi connectivity index (χ3n) is 3.40. The van der Waals surface area contributed by atoms with E-state index in [1.54, 1.807) is 6.07 Å². The largest absolute Gasteiger partial charge is 0.240 e. The van der Waals surface area contributed by atoms with Gasteiger partial charge in [-0.3, -0.25) is 0 Å². The van der Waals surface area contributed by atoms with Crippen molar-refractivity contribution in [3.63, 3.8) is 0 Å². The fourth-order valence-corrected chi connectivity index (χ4v) is 3.88. The highest BCUT2D eigenvalue weighted by Crippen LogP contribution is 2.26. The lowest BCUT2D eigenvalue weighted by Crippen LogP contribution is -2.23. The number of aromatic nitrogens is 1. The van der Waals surface area contributed by atoms with Crippen LogP contribution in [0.4, 0.5) is 0 Å². The molecule has 1 aliphatic rings. The van der Waals surface area contributed by atoms with Crippen LogP contribution in [0.15, 0.2) is 11.1 Å². The summed E-state index contributed by atoms with van der Waals surface area (Å²) < 4.78 is 24.7. The zero-order chi connectivity index (χ0) is 14.0. The minimum Gasteiger partial charge on any atom is -0.240 e. The second-order valence-electron chi connectivity index (χ2n) is 4.78. The monoisotopic (exact) mass is 298 g/mol. The van der Waals surface area contributed by atoms with Gasteiger partial charge in [0.25, 0.3) is 0 Å². The Balaban J connectivity index is 2.61. The summed E-state index contributed by atoms with van der Waals surface area (Å²) >= 11 is 5.64. The highest BCUT2D eigenvalue weighted by atomic mass is 35.5. The fourth-order valence-electron chi connectivity index (χ4n) is 2.19. The van der Waals surface area contributed by atoms with Gasteiger partial charge in [0.05, 0.1) is 10.8 Å². The first-order chi connectivity index (χ1) is 9.00. The van der Waals surface area contributed by atoms with Gasteiger partial charge in [-0.2, -0.15) is 5.26 Å². The molecule has 1 aliphatic carbocycles. The summed E-state index contributed by atoms with van der Waals surface area (Å²) in [7, 11) is -3.63. The zero-order valence-corrected chi connectivity index (χ0v) is 12.3. The number of halogens is 1. The summed E-state index contributed by atoms with van der Waals surface area (Å²) in [6.45, 7) is 1.53. The van der Waals surface area contributed by atoms with Gasteiger partial charge >= 0.3 is 0 Å². The lowest BCUT2D eigenvalue weighted by atomic mass is 9.95. The maximum Gasteiger partial charge on any atom is 0.200 e. The van der Waals surface area contributed by atoms with Crippen LogP contribution in [0.5, 0.6) is 0 Å². The van der Waals surface area contributed by atoms with Crippen LogP contribution in [0.1, 0.15) is 36.6 Å². The summed E-state index contributed by atoms with van der Waals surface area (Å²) in [6.07, 6.45) is 3.71. The number of fused-ring (bicyclic) bond motifs is 1. The van der Waals surface area contributed by atoms with Crippen molar-refractivity contribution >= 4 is 21.4 Å². The molecular formula is C13H15ClN2O2S. The quantitative estimate of drug-likeness (QED) is 0.802. The number of rotatable bonds is 3. The van der Waals surface area contributed by atoms with Gasteiger partial charge in [-0.15, -0.1) is 11.6 Å². The molecule has 0 spiro atoms. The molecule has 1 atom stereocenters. The smallest absolute Gasteiger partial charge is 0.200 e. The molecule has 0 saturated carbocycles. The van der Waals surface area contributed by atoms with Crippen molar-refractivity contribution in [2.75, 3.05) is 5.88 Å². The Morgan fingerprint density at radius 2 is 2.16 bits per heavy atom. The lowest BCUT2D eigenvalue weighted by Gasteiger charge is -2.18. The minimum absolute atomic E-state index is 0.00797. The molecule has 19 heavy (non-hydrogen) atoms. The van der Waals surface area contributed by atoms with Crippen LogP contribution in [0.25, 0.3) is 0 Å². The molecule has 0 aromatic carbocycles. The van der Waals surface area contributed by atoms with Crippen LogP contribution in [0.2, 0.25) is 0 Å². The van der Waals surface area contributed by atoms with Crippen molar-refractivity contribution in [2.45, 2.75) is 42.9 Å². The molecule has 0 amide bonds. The molecule has 2 rings (SSSR count). The van der Waals surface area contributed by atoms with Crippen molar-refractivity contribution in [3.8, 4) is 6.07 Å². The number of pyridine rings is 1. The van der Waals surface area contributed by atoms with E-state index in [2.05, 4.69) is 4.98 Å². The van der Waals surface area contributed by atoms with Crippen LogP contribution in [-0.4, -0.2) is 24.5 Å². The number of aryl methyl sites for hydroxylation is 2. The average Bonchev–Trinajstić information content (AvgIpc) is 2.44. The van der Waals surface area contributed by atoms with Crippen LogP contribution >= 0.6 is 11.6 Å². The minimum atomic E-state index is -3.63. The van der Waals surface area contributed by atoms with E-state index >= 15 is 0 Å². The average molecular weight is 299 g/mol. The van der Waals surface area contributed by atoms with E-state index in [4.69, 9.17) is 16.9 Å². The highest BCUT2D eigenvalue weighted by molar-refractivity contribution is 7.92. The summed E-state index contributed by atoms with van der Waals surface area (Å²) in [5, 5.41) is 8.30. The molecule has 102 valence electrons. The molecule has 4 nitrogen and oxygen atoms in total. The van der Waals surface area contributed by atoms with Gasteiger partial charge in [-0.05, 0) is 44.2 Å². The standard InChI is InChI=1S/C13H15ClN2O2S/c1-9(7-14)19(17,18)13-11(8-15)6-10-4-2-3-5-12(10)16-13/h6,9H,2-5,7H2,1H3.